The highest BCUT2D eigenvalue weighted by atomic mass is 16.6. The average molecular weight is 262 g/mol. The lowest BCUT2D eigenvalue weighted by atomic mass is 10.1. The lowest BCUT2D eigenvalue weighted by Gasteiger charge is -2.20. The molecule has 5 nitrogen and oxygen atoms in total. The van der Waals surface area contributed by atoms with Crippen molar-refractivity contribution in [3.8, 4) is 11.5 Å². The molecule has 5 heteroatoms. The number of benzene rings is 1. The first kappa shape index (κ1) is 12.3. The summed E-state index contributed by atoms with van der Waals surface area (Å²) >= 11 is 0. The zero-order valence-corrected chi connectivity index (χ0v) is 10.8. The molecular formula is C14H18N2O3. The molecule has 2 aliphatic rings. The second-order valence-electron chi connectivity index (χ2n) is 4.90. The number of carbonyl (C=O) groups is 1. The second kappa shape index (κ2) is 5.48. The molecule has 2 N–H and O–H groups in total. The van der Waals surface area contributed by atoms with E-state index in [1.807, 2.05) is 12.1 Å². The molecule has 1 unspecified atom stereocenters. The highest BCUT2D eigenvalue weighted by molar-refractivity contribution is 5.97. The summed E-state index contributed by atoms with van der Waals surface area (Å²) in [5.74, 6) is 1.66. The zero-order chi connectivity index (χ0) is 13.1. The first-order chi connectivity index (χ1) is 9.34. The summed E-state index contributed by atoms with van der Waals surface area (Å²) in [6.45, 7) is 3.75. The third kappa shape index (κ3) is 2.66. The van der Waals surface area contributed by atoms with E-state index in [9.17, 15) is 4.79 Å². The van der Waals surface area contributed by atoms with Gasteiger partial charge in [0.1, 0.15) is 13.2 Å². The maximum absolute atomic E-state index is 12.2. The van der Waals surface area contributed by atoms with Crippen molar-refractivity contribution in [3.63, 3.8) is 0 Å². The smallest absolute Gasteiger partial charge is 0.255 e. The van der Waals surface area contributed by atoms with Gasteiger partial charge < -0.3 is 20.1 Å². The van der Waals surface area contributed by atoms with E-state index in [1.165, 1.54) is 0 Å². The Morgan fingerprint density at radius 1 is 1.37 bits per heavy atom. The van der Waals surface area contributed by atoms with Crippen LogP contribution >= 0.6 is 0 Å². The number of rotatable bonds is 3. The van der Waals surface area contributed by atoms with Gasteiger partial charge in [0.15, 0.2) is 11.5 Å². The van der Waals surface area contributed by atoms with Crippen LogP contribution < -0.4 is 20.1 Å². The largest absolute Gasteiger partial charge is 0.486 e. The fourth-order valence-electron chi connectivity index (χ4n) is 2.47. The van der Waals surface area contributed by atoms with Crippen LogP contribution in [0.2, 0.25) is 0 Å². The Morgan fingerprint density at radius 3 is 3.11 bits per heavy atom. The first-order valence-corrected chi connectivity index (χ1v) is 6.72. The van der Waals surface area contributed by atoms with Gasteiger partial charge in [0, 0.05) is 6.54 Å². The van der Waals surface area contributed by atoms with Crippen molar-refractivity contribution in [2.75, 3.05) is 32.8 Å². The Kier molecular flexibility index (Phi) is 3.55. The number of hydrogen-bond acceptors (Lipinski definition) is 4. The van der Waals surface area contributed by atoms with Crippen LogP contribution in [0.3, 0.4) is 0 Å². The second-order valence-corrected chi connectivity index (χ2v) is 4.90. The minimum Gasteiger partial charge on any atom is -0.486 e. The molecule has 1 atom stereocenters. The van der Waals surface area contributed by atoms with E-state index in [2.05, 4.69) is 10.6 Å². The molecule has 0 spiro atoms. The van der Waals surface area contributed by atoms with E-state index in [1.54, 1.807) is 6.07 Å². The number of carbonyl (C=O) groups excluding carboxylic acids is 1. The van der Waals surface area contributed by atoms with Crippen LogP contribution in [0.4, 0.5) is 0 Å². The van der Waals surface area contributed by atoms with Crippen LogP contribution in [0.5, 0.6) is 11.5 Å². The van der Waals surface area contributed by atoms with Gasteiger partial charge in [-0.15, -0.1) is 0 Å². The molecule has 0 bridgehead atoms. The van der Waals surface area contributed by atoms with E-state index in [0.29, 0.717) is 42.7 Å². The van der Waals surface area contributed by atoms with E-state index >= 15 is 0 Å². The van der Waals surface area contributed by atoms with Gasteiger partial charge in [-0.25, -0.2) is 0 Å². The Morgan fingerprint density at radius 2 is 2.26 bits per heavy atom. The van der Waals surface area contributed by atoms with Gasteiger partial charge in [-0.3, -0.25) is 4.79 Å². The number of para-hydroxylation sites is 1. The predicted octanol–water partition coefficient (Wildman–Crippen LogP) is 0.797. The maximum Gasteiger partial charge on any atom is 0.255 e. The van der Waals surface area contributed by atoms with Crippen molar-refractivity contribution in [1.82, 2.24) is 10.6 Å². The summed E-state index contributed by atoms with van der Waals surface area (Å²) in [5, 5.41) is 6.27. The molecule has 0 saturated carbocycles. The molecule has 0 aromatic heterocycles. The maximum atomic E-state index is 12.2. The molecule has 102 valence electrons. The minimum absolute atomic E-state index is 0.0887. The van der Waals surface area contributed by atoms with Gasteiger partial charge in [0.05, 0.1) is 5.56 Å². The van der Waals surface area contributed by atoms with Crippen LogP contribution in [0.1, 0.15) is 16.8 Å². The Labute approximate surface area is 112 Å². The standard InChI is InChI=1S/C14H18N2O3/c17-14(16-9-10-4-5-15-8-10)11-2-1-3-12-13(11)19-7-6-18-12/h1-3,10,15H,4-9H2,(H,16,17). The number of amides is 1. The first-order valence-electron chi connectivity index (χ1n) is 6.72. The lowest BCUT2D eigenvalue weighted by molar-refractivity contribution is 0.0937. The highest BCUT2D eigenvalue weighted by Gasteiger charge is 2.21. The molecule has 1 fully saturated rings. The third-order valence-corrected chi connectivity index (χ3v) is 3.52. The van der Waals surface area contributed by atoms with Gasteiger partial charge in [-0.2, -0.15) is 0 Å². The van der Waals surface area contributed by atoms with Gasteiger partial charge in [0.2, 0.25) is 0 Å². The van der Waals surface area contributed by atoms with Crippen LogP contribution in [0.25, 0.3) is 0 Å². The molecule has 1 aromatic rings. The molecule has 0 aliphatic carbocycles. The summed E-state index contributed by atoms with van der Waals surface area (Å²) in [6.07, 6.45) is 1.12. The quantitative estimate of drug-likeness (QED) is 0.846. The van der Waals surface area contributed by atoms with Crippen molar-refractivity contribution in [2.45, 2.75) is 6.42 Å². The van der Waals surface area contributed by atoms with E-state index in [4.69, 9.17) is 9.47 Å². The van der Waals surface area contributed by atoms with Crippen LogP contribution in [0.15, 0.2) is 18.2 Å². The summed E-state index contributed by atoms with van der Waals surface area (Å²) < 4.78 is 11.0. The van der Waals surface area contributed by atoms with Crippen molar-refractivity contribution >= 4 is 5.91 Å². The van der Waals surface area contributed by atoms with E-state index in [0.717, 1.165) is 19.5 Å². The fourth-order valence-corrected chi connectivity index (χ4v) is 2.47. The van der Waals surface area contributed by atoms with Gasteiger partial charge in [-0.1, -0.05) is 6.07 Å². The molecule has 2 aliphatic heterocycles. The molecule has 0 radical (unpaired) electrons. The summed E-state index contributed by atoms with van der Waals surface area (Å²) in [7, 11) is 0. The number of nitrogens with one attached hydrogen (secondary N) is 2. The minimum atomic E-state index is -0.0887. The van der Waals surface area contributed by atoms with Crippen molar-refractivity contribution in [3.05, 3.63) is 23.8 Å². The monoisotopic (exact) mass is 262 g/mol. The van der Waals surface area contributed by atoms with Crippen molar-refractivity contribution in [1.29, 1.82) is 0 Å². The van der Waals surface area contributed by atoms with E-state index in [-0.39, 0.29) is 5.91 Å². The molecule has 1 amide bonds. The van der Waals surface area contributed by atoms with Crippen LogP contribution in [-0.4, -0.2) is 38.8 Å². The number of ether oxygens (including phenoxy) is 2. The third-order valence-electron chi connectivity index (χ3n) is 3.52. The number of hydrogen-bond donors (Lipinski definition) is 2. The molecule has 19 heavy (non-hydrogen) atoms. The molecule has 1 aromatic carbocycles. The molecule has 1 saturated heterocycles. The normalized spacial score (nSPS) is 21.2. The fraction of sp³-hybridized carbons (Fsp3) is 0.500. The summed E-state index contributed by atoms with van der Waals surface area (Å²) in [6, 6.07) is 5.42. The van der Waals surface area contributed by atoms with Gasteiger partial charge in [0.25, 0.3) is 5.91 Å². The Hall–Kier alpha value is -1.75. The van der Waals surface area contributed by atoms with Gasteiger partial charge >= 0.3 is 0 Å². The Bertz CT molecular complexity index is 470. The zero-order valence-electron chi connectivity index (χ0n) is 10.8. The van der Waals surface area contributed by atoms with Crippen molar-refractivity contribution < 1.29 is 14.3 Å². The average Bonchev–Trinajstić information content (AvgIpc) is 2.97. The van der Waals surface area contributed by atoms with Crippen LogP contribution in [0, 0.1) is 5.92 Å². The highest BCUT2D eigenvalue weighted by Crippen LogP contribution is 2.33. The van der Waals surface area contributed by atoms with Crippen LogP contribution in [-0.2, 0) is 0 Å². The Balaban J connectivity index is 1.68. The lowest BCUT2D eigenvalue weighted by Crippen LogP contribution is -2.31. The van der Waals surface area contributed by atoms with Gasteiger partial charge in [-0.05, 0) is 37.6 Å². The molecule has 2 heterocycles. The molecule has 3 rings (SSSR count). The summed E-state index contributed by atoms with van der Waals surface area (Å²) in [5.41, 5.74) is 0.558. The number of fused-ring (bicyclic) bond motifs is 1. The summed E-state index contributed by atoms with van der Waals surface area (Å²) in [4.78, 5) is 12.2. The predicted molar refractivity (Wildman–Crippen MR) is 70.7 cm³/mol. The van der Waals surface area contributed by atoms with Crippen molar-refractivity contribution in [2.24, 2.45) is 5.92 Å². The SMILES string of the molecule is O=C(NCC1CCNC1)c1cccc2c1OCCO2. The molecular weight excluding hydrogens is 244 g/mol. The topological polar surface area (TPSA) is 59.6 Å². The van der Waals surface area contributed by atoms with E-state index < -0.39 is 0 Å².